The normalized spacial score (nSPS) is 33.5. The fourth-order valence-corrected chi connectivity index (χ4v) is 3.96. The second-order valence-corrected chi connectivity index (χ2v) is 8.21. The lowest BCUT2D eigenvalue weighted by atomic mass is 10.1. The molecule has 2 aliphatic heterocycles. The van der Waals surface area contributed by atoms with E-state index in [2.05, 4.69) is 62.0 Å². The van der Waals surface area contributed by atoms with Crippen LogP contribution in [0.5, 0.6) is 0 Å². The van der Waals surface area contributed by atoms with Crippen molar-refractivity contribution in [2.75, 3.05) is 39.3 Å². The van der Waals surface area contributed by atoms with E-state index in [1.54, 1.807) is 0 Å². The number of ether oxygens (including phenoxy) is 2. The number of nitrogens with one attached hydrogen (secondary N) is 2. The summed E-state index contributed by atoms with van der Waals surface area (Å²) >= 11 is 0. The molecule has 2 N–H and O–H groups in total. The Morgan fingerprint density at radius 1 is 0.808 bits per heavy atom. The monoisotopic (exact) mass is 370 g/mol. The average Bonchev–Trinajstić information content (AvgIpc) is 2.55. The van der Waals surface area contributed by atoms with Crippen molar-refractivity contribution in [1.29, 1.82) is 0 Å². The molecule has 2 aliphatic rings. The van der Waals surface area contributed by atoms with Gasteiger partial charge in [-0.25, -0.2) is 4.79 Å². The molecule has 2 amide bonds. The van der Waals surface area contributed by atoms with Crippen molar-refractivity contribution in [1.82, 2.24) is 20.4 Å². The van der Waals surface area contributed by atoms with Gasteiger partial charge in [0, 0.05) is 51.4 Å². The molecule has 0 unspecified atom stereocenters. The van der Waals surface area contributed by atoms with Crippen LogP contribution in [0.4, 0.5) is 4.79 Å². The maximum absolute atomic E-state index is 12.2. The standard InChI is InChI=1S/C19H38N4O3/c1-13(22-9-15(3)25-16(4)10-22)7-20-19(24)21-8-14(2)23-11-17(5)26-18(6)12-23/h13-18H,7-12H2,1-6H3,(H2,20,21,24)/t13-,14+,15-,16-,17-,18+/m1/s1. The Bertz CT molecular complexity index is 393. The molecular formula is C19H38N4O3. The lowest BCUT2D eigenvalue weighted by molar-refractivity contribution is -0.0780. The summed E-state index contributed by atoms with van der Waals surface area (Å²) in [5.74, 6) is 0. The minimum atomic E-state index is -0.0904. The molecule has 0 bridgehead atoms. The van der Waals surface area contributed by atoms with E-state index in [0.29, 0.717) is 25.2 Å². The fourth-order valence-electron chi connectivity index (χ4n) is 3.96. The number of carbonyl (C=O) groups is 1. The van der Waals surface area contributed by atoms with Crippen molar-refractivity contribution in [3.8, 4) is 0 Å². The Morgan fingerprint density at radius 2 is 1.12 bits per heavy atom. The Kier molecular flexibility index (Phi) is 8.13. The third kappa shape index (κ3) is 6.68. The molecular weight excluding hydrogens is 332 g/mol. The minimum Gasteiger partial charge on any atom is -0.373 e. The average molecular weight is 371 g/mol. The van der Waals surface area contributed by atoms with Crippen molar-refractivity contribution < 1.29 is 14.3 Å². The smallest absolute Gasteiger partial charge is 0.314 e. The number of urea groups is 1. The van der Waals surface area contributed by atoms with Gasteiger partial charge >= 0.3 is 6.03 Å². The van der Waals surface area contributed by atoms with E-state index in [9.17, 15) is 4.79 Å². The van der Waals surface area contributed by atoms with Crippen molar-refractivity contribution in [2.45, 2.75) is 78.0 Å². The zero-order chi connectivity index (χ0) is 19.3. The number of hydrogen-bond acceptors (Lipinski definition) is 5. The predicted molar refractivity (Wildman–Crippen MR) is 103 cm³/mol. The topological polar surface area (TPSA) is 66.1 Å². The van der Waals surface area contributed by atoms with Crippen LogP contribution in [0.25, 0.3) is 0 Å². The van der Waals surface area contributed by atoms with Crippen LogP contribution in [0, 0.1) is 0 Å². The number of morpholine rings is 2. The quantitative estimate of drug-likeness (QED) is 0.737. The van der Waals surface area contributed by atoms with Crippen molar-refractivity contribution in [2.24, 2.45) is 0 Å². The van der Waals surface area contributed by atoms with Crippen LogP contribution in [0.15, 0.2) is 0 Å². The van der Waals surface area contributed by atoms with Crippen LogP contribution >= 0.6 is 0 Å². The first kappa shape index (κ1) is 21.4. The van der Waals surface area contributed by atoms with Gasteiger partial charge in [-0.2, -0.15) is 0 Å². The van der Waals surface area contributed by atoms with E-state index in [4.69, 9.17) is 9.47 Å². The van der Waals surface area contributed by atoms with E-state index in [0.717, 1.165) is 26.2 Å². The van der Waals surface area contributed by atoms with Crippen LogP contribution in [0.2, 0.25) is 0 Å². The summed E-state index contributed by atoms with van der Waals surface area (Å²) in [6.07, 6.45) is 0.978. The number of rotatable bonds is 6. The van der Waals surface area contributed by atoms with Crippen molar-refractivity contribution in [3.63, 3.8) is 0 Å². The minimum absolute atomic E-state index is 0.0904. The SMILES string of the molecule is C[C@@H]1CN([C@H](C)CNC(=O)NC[C@H](C)N2C[C@@H](C)O[C@@H](C)C2)C[C@@H](C)O1. The van der Waals surface area contributed by atoms with Gasteiger partial charge in [0.2, 0.25) is 0 Å². The van der Waals surface area contributed by atoms with Gasteiger partial charge in [-0.3, -0.25) is 9.80 Å². The highest BCUT2D eigenvalue weighted by atomic mass is 16.5. The van der Waals surface area contributed by atoms with Gasteiger partial charge in [0.15, 0.2) is 0 Å². The lowest BCUT2D eigenvalue weighted by Gasteiger charge is -2.39. The molecule has 7 heteroatoms. The van der Waals surface area contributed by atoms with E-state index in [-0.39, 0.29) is 30.4 Å². The first-order chi connectivity index (χ1) is 12.2. The molecule has 0 spiro atoms. The Labute approximate surface area is 158 Å². The second kappa shape index (κ2) is 9.88. The molecule has 0 aromatic rings. The number of nitrogens with zero attached hydrogens (tertiary/aromatic N) is 2. The second-order valence-electron chi connectivity index (χ2n) is 8.21. The van der Waals surface area contributed by atoms with E-state index in [1.807, 2.05) is 0 Å². The maximum Gasteiger partial charge on any atom is 0.314 e. The number of amides is 2. The molecule has 0 aromatic heterocycles. The van der Waals surface area contributed by atoms with E-state index in [1.165, 1.54) is 0 Å². The van der Waals surface area contributed by atoms with Gasteiger partial charge in [0.1, 0.15) is 0 Å². The molecule has 152 valence electrons. The van der Waals surface area contributed by atoms with E-state index < -0.39 is 0 Å². The first-order valence-electron chi connectivity index (χ1n) is 10.0. The lowest BCUT2D eigenvalue weighted by Crippen LogP contribution is -2.54. The van der Waals surface area contributed by atoms with E-state index >= 15 is 0 Å². The van der Waals surface area contributed by atoms with Crippen LogP contribution < -0.4 is 10.6 Å². The summed E-state index contributed by atoms with van der Waals surface area (Å²) in [6, 6.07) is 0.508. The first-order valence-corrected chi connectivity index (χ1v) is 10.0. The Hall–Kier alpha value is -0.890. The largest absolute Gasteiger partial charge is 0.373 e. The molecule has 26 heavy (non-hydrogen) atoms. The van der Waals surface area contributed by atoms with Crippen LogP contribution in [-0.4, -0.2) is 91.6 Å². The van der Waals surface area contributed by atoms with Gasteiger partial charge in [0.25, 0.3) is 0 Å². The van der Waals surface area contributed by atoms with Gasteiger partial charge in [-0.1, -0.05) is 0 Å². The molecule has 6 atom stereocenters. The Morgan fingerprint density at radius 3 is 1.42 bits per heavy atom. The molecule has 0 radical (unpaired) electrons. The summed E-state index contributed by atoms with van der Waals surface area (Å²) in [7, 11) is 0. The molecule has 2 saturated heterocycles. The van der Waals surface area contributed by atoms with Crippen molar-refractivity contribution in [3.05, 3.63) is 0 Å². The Balaban J connectivity index is 1.66. The third-order valence-corrected chi connectivity index (χ3v) is 5.26. The predicted octanol–water partition coefficient (Wildman–Crippen LogP) is 1.28. The fraction of sp³-hybridized carbons (Fsp3) is 0.947. The third-order valence-electron chi connectivity index (χ3n) is 5.26. The highest BCUT2D eigenvalue weighted by Crippen LogP contribution is 2.14. The maximum atomic E-state index is 12.2. The van der Waals surface area contributed by atoms with Gasteiger partial charge < -0.3 is 20.1 Å². The van der Waals surface area contributed by atoms with Crippen LogP contribution in [0.3, 0.4) is 0 Å². The molecule has 7 nitrogen and oxygen atoms in total. The molecule has 0 aliphatic carbocycles. The highest BCUT2D eigenvalue weighted by Gasteiger charge is 2.27. The molecule has 2 heterocycles. The van der Waals surface area contributed by atoms with Crippen LogP contribution in [0.1, 0.15) is 41.5 Å². The van der Waals surface area contributed by atoms with Gasteiger partial charge in [0.05, 0.1) is 24.4 Å². The highest BCUT2D eigenvalue weighted by molar-refractivity contribution is 5.73. The van der Waals surface area contributed by atoms with Gasteiger partial charge in [-0.15, -0.1) is 0 Å². The zero-order valence-corrected chi connectivity index (χ0v) is 17.3. The summed E-state index contributed by atoms with van der Waals surface area (Å²) in [6.45, 7) is 17.7. The van der Waals surface area contributed by atoms with Gasteiger partial charge in [-0.05, 0) is 41.5 Å². The molecule has 2 rings (SSSR count). The molecule has 0 aromatic carbocycles. The summed E-state index contributed by atoms with van der Waals surface area (Å²) in [4.78, 5) is 16.9. The molecule has 0 saturated carbocycles. The molecule has 2 fully saturated rings. The summed E-state index contributed by atoms with van der Waals surface area (Å²) < 4.78 is 11.5. The van der Waals surface area contributed by atoms with Crippen molar-refractivity contribution >= 4 is 6.03 Å². The number of hydrogen-bond donors (Lipinski definition) is 2. The number of carbonyl (C=O) groups excluding carboxylic acids is 1. The summed E-state index contributed by atoms with van der Waals surface area (Å²) in [5.41, 5.74) is 0. The summed E-state index contributed by atoms with van der Waals surface area (Å²) in [5, 5.41) is 6.02. The zero-order valence-electron chi connectivity index (χ0n) is 17.3. The van der Waals surface area contributed by atoms with Crippen LogP contribution in [-0.2, 0) is 9.47 Å².